The number of carbonyl (C=O) groups excluding carboxylic acids is 1. The minimum atomic E-state index is -0.530. The van der Waals surface area contributed by atoms with E-state index in [1.165, 1.54) is 0 Å². The SMILES string of the molecule is CCC(C)(C(=O)c1cc(OC)cc(OC)c1)N(C)C. The largest absolute Gasteiger partial charge is 0.497 e. The molecule has 19 heavy (non-hydrogen) atoms. The standard InChI is InChI=1S/C15H23NO3/c1-7-15(2,16(3)4)14(17)11-8-12(18-5)10-13(9-11)19-6/h8-10H,7H2,1-6H3. The summed E-state index contributed by atoms with van der Waals surface area (Å²) in [5.41, 5.74) is 0.0754. The fourth-order valence-electron chi connectivity index (χ4n) is 1.93. The minimum absolute atomic E-state index is 0.0669. The van der Waals surface area contributed by atoms with Crippen LogP contribution in [0.15, 0.2) is 18.2 Å². The molecule has 0 amide bonds. The van der Waals surface area contributed by atoms with E-state index in [-0.39, 0.29) is 5.78 Å². The Hall–Kier alpha value is -1.55. The molecule has 0 heterocycles. The topological polar surface area (TPSA) is 38.8 Å². The molecule has 0 radical (unpaired) electrons. The molecule has 0 aliphatic heterocycles. The number of hydrogen-bond donors (Lipinski definition) is 0. The van der Waals surface area contributed by atoms with Gasteiger partial charge in [-0.2, -0.15) is 0 Å². The second-order valence-corrected chi connectivity index (χ2v) is 4.95. The lowest BCUT2D eigenvalue weighted by atomic mass is 9.87. The fourth-order valence-corrected chi connectivity index (χ4v) is 1.93. The van der Waals surface area contributed by atoms with E-state index in [0.29, 0.717) is 17.1 Å². The van der Waals surface area contributed by atoms with Crippen LogP contribution in [0.1, 0.15) is 30.6 Å². The zero-order valence-electron chi connectivity index (χ0n) is 12.6. The summed E-state index contributed by atoms with van der Waals surface area (Å²) in [5, 5.41) is 0. The monoisotopic (exact) mass is 265 g/mol. The van der Waals surface area contributed by atoms with E-state index in [9.17, 15) is 4.79 Å². The lowest BCUT2D eigenvalue weighted by molar-refractivity contribution is 0.0710. The Balaban J connectivity index is 3.25. The molecular weight excluding hydrogens is 242 g/mol. The number of ketones is 1. The molecule has 0 saturated heterocycles. The first-order valence-corrected chi connectivity index (χ1v) is 6.34. The molecule has 0 aliphatic rings. The Morgan fingerprint density at radius 1 is 1.16 bits per heavy atom. The molecule has 1 rings (SSSR count). The fraction of sp³-hybridized carbons (Fsp3) is 0.533. The summed E-state index contributed by atoms with van der Waals surface area (Å²) < 4.78 is 10.4. The van der Waals surface area contributed by atoms with Gasteiger partial charge in [0.25, 0.3) is 0 Å². The van der Waals surface area contributed by atoms with Gasteiger partial charge >= 0.3 is 0 Å². The Morgan fingerprint density at radius 2 is 1.63 bits per heavy atom. The Labute approximate surface area is 115 Å². The first-order valence-electron chi connectivity index (χ1n) is 6.34. The van der Waals surface area contributed by atoms with Crippen LogP contribution in [-0.4, -0.2) is 44.5 Å². The Morgan fingerprint density at radius 3 is 1.95 bits per heavy atom. The second kappa shape index (κ2) is 6.06. The molecule has 0 spiro atoms. The number of nitrogens with zero attached hydrogens (tertiary/aromatic N) is 1. The predicted molar refractivity (Wildman–Crippen MR) is 76.3 cm³/mol. The van der Waals surface area contributed by atoms with Gasteiger partial charge in [0.2, 0.25) is 0 Å². The number of methoxy groups -OCH3 is 2. The zero-order chi connectivity index (χ0) is 14.6. The third-order valence-electron chi connectivity index (χ3n) is 3.78. The van der Waals surface area contributed by atoms with Gasteiger partial charge in [0.15, 0.2) is 5.78 Å². The molecule has 1 aromatic rings. The van der Waals surface area contributed by atoms with Gasteiger partial charge in [-0.15, -0.1) is 0 Å². The highest BCUT2D eigenvalue weighted by Crippen LogP contribution is 2.28. The van der Waals surface area contributed by atoms with E-state index < -0.39 is 5.54 Å². The first kappa shape index (κ1) is 15.5. The van der Waals surface area contributed by atoms with Crippen molar-refractivity contribution in [3.8, 4) is 11.5 Å². The molecule has 0 bridgehead atoms. The number of benzene rings is 1. The molecule has 1 atom stereocenters. The molecule has 4 nitrogen and oxygen atoms in total. The Bertz CT molecular complexity index is 434. The van der Waals surface area contributed by atoms with Crippen LogP contribution in [0.5, 0.6) is 11.5 Å². The van der Waals surface area contributed by atoms with Gasteiger partial charge in [-0.1, -0.05) is 6.92 Å². The minimum Gasteiger partial charge on any atom is -0.497 e. The van der Waals surface area contributed by atoms with Crippen molar-refractivity contribution in [3.63, 3.8) is 0 Å². The van der Waals surface area contributed by atoms with E-state index in [0.717, 1.165) is 6.42 Å². The van der Waals surface area contributed by atoms with Crippen LogP contribution in [0.25, 0.3) is 0 Å². The van der Waals surface area contributed by atoms with Gasteiger partial charge in [-0.25, -0.2) is 0 Å². The van der Waals surface area contributed by atoms with Crippen molar-refractivity contribution in [1.29, 1.82) is 0 Å². The van der Waals surface area contributed by atoms with Crippen LogP contribution in [0.4, 0.5) is 0 Å². The molecular formula is C15H23NO3. The molecule has 4 heteroatoms. The van der Waals surface area contributed by atoms with Gasteiger partial charge in [0.05, 0.1) is 19.8 Å². The van der Waals surface area contributed by atoms with Crippen molar-refractivity contribution in [1.82, 2.24) is 4.90 Å². The summed E-state index contributed by atoms with van der Waals surface area (Å²) in [7, 11) is 6.99. The van der Waals surface area contributed by atoms with E-state index in [1.54, 1.807) is 32.4 Å². The number of ether oxygens (including phenoxy) is 2. The van der Waals surface area contributed by atoms with Crippen LogP contribution in [0.3, 0.4) is 0 Å². The highest BCUT2D eigenvalue weighted by atomic mass is 16.5. The van der Waals surface area contributed by atoms with Gasteiger partial charge in [0.1, 0.15) is 11.5 Å². The lowest BCUT2D eigenvalue weighted by Gasteiger charge is -2.34. The summed E-state index contributed by atoms with van der Waals surface area (Å²) in [6.45, 7) is 3.95. The zero-order valence-corrected chi connectivity index (χ0v) is 12.6. The number of rotatable bonds is 6. The lowest BCUT2D eigenvalue weighted by Crippen LogP contribution is -2.48. The van der Waals surface area contributed by atoms with E-state index in [4.69, 9.17) is 9.47 Å². The van der Waals surface area contributed by atoms with Gasteiger partial charge in [-0.3, -0.25) is 9.69 Å². The number of Topliss-reactive ketones (excluding diaryl/α,β-unsaturated/α-hetero) is 1. The van der Waals surface area contributed by atoms with Crippen molar-refractivity contribution < 1.29 is 14.3 Å². The van der Waals surface area contributed by atoms with Gasteiger partial charge in [0, 0.05) is 11.6 Å². The average Bonchev–Trinajstić information content (AvgIpc) is 2.44. The summed E-state index contributed by atoms with van der Waals surface area (Å²) in [5.74, 6) is 1.32. The Kier molecular flexibility index (Phi) is 4.95. The van der Waals surface area contributed by atoms with Crippen LogP contribution in [0.2, 0.25) is 0 Å². The first-order chi connectivity index (χ1) is 8.88. The van der Waals surface area contributed by atoms with Gasteiger partial charge < -0.3 is 9.47 Å². The third-order valence-corrected chi connectivity index (χ3v) is 3.78. The van der Waals surface area contributed by atoms with Gasteiger partial charge in [-0.05, 0) is 39.6 Å². The normalized spacial score (nSPS) is 14.1. The van der Waals surface area contributed by atoms with E-state index >= 15 is 0 Å². The summed E-state index contributed by atoms with van der Waals surface area (Å²) >= 11 is 0. The van der Waals surface area contributed by atoms with E-state index in [2.05, 4.69) is 0 Å². The van der Waals surface area contributed by atoms with Crippen molar-refractivity contribution in [2.75, 3.05) is 28.3 Å². The quantitative estimate of drug-likeness (QED) is 0.741. The van der Waals surface area contributed by atoms with Crippen molar-refractivity contribution >= 4 is 5.78 Å². The number of carbonyl (C=O) groups is 1. The molecule has 106 valence electrons. The molecule has 0 N–H and O–H groups in total. The second-order valence-electron chi connectivity index (χ2n) is 4.95. The summed E-state index contributed by atoms with van der Waals surface area (Å²) in [6.07, 6.45) is 0.734. The molecule has 0 saturated carbocycles. The van der Waals surface area contributed by atoms with Crippen molar-refractivity contribution in [3.05, 3.63) is 23.8 Å². The van der Waals surface area contributed by atoms with Crippen LogP contribution in [0, 0.1) is 0 Å². The molecule has 0 aliphatic carbocycles. The van der Waals surface area contributed by atoms with Crippen LogP contribution in [-0.2, 0) is 0 Å². The van der Waals surface area contributed by atoms with Crippen molar-refractivity contribution in [2.24, 2.45) is 0 Å². The summed E-state index contributed by atoms with van der Waals surface area (Å²) in [6, 6.07) is 5.26. The summed E-state index contributed by atoms with van der Waals surface area (Å²) in [4.78, 5) is 14.7. The average molecular weight is 265 g/mol. The maximum absolute atomic E-state index is 12.7. The third kappa shape index (κ3) is 3.07. The smallest absolute Gasteiger partial charge is 0.183 e. The maximum atomic E-state index is 12.7. The predicted octanol–water partition coefficient (Wildman–Crippen LogP) is 2.62. The van der Waals surface area contributed by atoms with Crippen LogP contribution >= 0.6 is 0 Å². The maximum Gasteiger partial charge on any atom is 0.183 e. The molecule has 0 aromatic heterocycles. The highest BCUT2D eigenvalue weighted by Gasteiger charge is 2.34. The highest BCUT2D eigenvalue weighted by molar-refractivity contribution is 6.03. The van der Waals surface area contributed by atoms with Crippen molar-refractivity contribution in [2.45, 2.75) is 25.8 Å². The van der Waals surface area contributed by atoms with Crippen LogP contribution < -0.4 is 9.47 Å². The number of hydrogen-bond acceptors (Lipinski definition) is 4. The molecule has 0 fully saturated rings. The molecule has 1 aromatic carbocycles. The van der Waals surface area contributed by atoms with E-state index in [1.807, 2.05) is 32.8 Å². The number of likely N-dealkylation sites (N-methyl/N-ethyl adjacent to an activating group) is 1. The molecule has 1 unspecified atom stereocenters.